The van der Waals surface area contributed by atoms with E-state index in [0.717, 1.165) is 16.3 Å². The quantitative estimate of drug-likeness (QED) is 0.321. The third kappa shape index (κ3) is 5.52. The number of hydrogen-bond acceptors (Lipinski definition) is 7. The van der Waals surface area contributed by atoms with Gasteiger partial charge < -0.3 is 24.4 Å². The summed E-state index contributed by atoms with van der Waals surface area (Å²) in [6, 6.07) is 18.4. The molecule has 2 aliphatic rings. The molecule has 0 radical (unpaired) electrons. The predicted molar refractivity (Wildman–Crippen MR) is 157 cm³/mol. The predicted octanol–water partition coefficient (Wildman–Crippen LogP) is 5.07. The summed E-state index contributed by atoms with van der Waals surface area (Å²) in [5.41, 5.74) is 1.34. The number of fused-ring (bicyclic) bond motifs is 1. The second-order valence-corrected chi connectivity index (χ2v) is 10.7. The third-order valence-corrected chi connectivity index (χ3v) is 8.00. The van der Waals surface area contributed by atoms with Crippen LogP contribution in [0.2, 0.25) is 0 Å². The van der Waals surface area contributed by atoms with E-state index in [2.05, 4.69) is 5.10 Å². The maximum Gasteiger partial charge on any atom is 0.418 e. The Bertz CT molecular complexity index is 1690. The number of alkyl halides is 3. The molecule has 0 spiro atoms. The Labute approximate surface area is 246 Å². The van der Waals surface area contributed by atoms with Crippen molar-refractivity contribution in [1.29, 1.82) is 0 Å². The summed E-state index contributed by atoms with van der Waals surface area (Å²) in [5, 5.41) is 14.7. The molecule has 1 aromatic heterocycles. The van der Waals surface area contributed by atoms with Crippen LogP contribution < -0.4 is 24.8 Å². The van der Waals surface area contributed by atoms with Crippen molar-refractivity contribution in [2.24, 2.45) is 0 Å². The number of halogens is 3. The number of hydrogen-bond donors (Lipinski definition) is 1. The zero-order valence-corrected chi connectivity index (χ0v) is 23.8. The van der Waals surface area contributed by atoms with Crippen molar-refractivity contribution in [2.75, 3.05) is 43.7 Å². The molecule has 1 saturated heterocycles. The summed E-state index contributed by atoms with van der Waals surface area (Å²) in [6.45, 7) is 1.68. The molecular weight excluding hydrogens is 561 g/mol. The average Bonchev–Trinajstić information content (AvgIpc) is 3.63. The van der Waals surface area contributed by atoms with Crippen LogP contribution in [0.1, 0.15) is 23.1 Å². The minimum Gasteiger partial charge on any atom is -0.497 e. The summed E-state index contributed by atoms with van der Waals surface area (Å²) < 4.78 is 55.2. The molecule has 11 heteroatoms. The molecule has 224 valence electrons. The largest absolute Gasteiger partial charge is 0.497 e. The van der Waals surface area contributed by atoms with Gasteiger partial charge in [-0.2, -0.15) is 23.0 Å². The van der Waals surface area contributed by atoms with E-state index in [0.29, 0.717) is 72.2 Å². The van der Waals surface area contributed by atoms with Crippen molar-refractivity contribution < 1.29 is 27.8 Å². The smallest absolute Gasteiger partial charge is 0.418 e. The maximum atomic E-state index is 14.5. The number of aliphatic hydroxyl groups excluding tert-OH is 1. The van der Waals surface area contributed by atoms with Gasteiger partial charge in [0.05, 0.1) is 37.3 Å². The van der Waals surface area contributed by atoms with Gasteiger partial charge in [-0.3, -0.25) is 4.79 Å². The van der Waals surface area contributed by atoms with Gasteiger partial charge in [-0.1, -0.05) is 30.3 Å². The summed E-state index contributed by atoms with van der Waals surface area (Å²) >= 11 is 0. The lowest BCUT2D eigenvalue weighted by molar-refractivity contribution is -0.137. The van der Waals surface area contributed by atoms with Gasteiger partial charge in [-0.25, -0.2) is 0 Å². The van der Waals surface area contributed by atoms with Crippen LogP contribution >= 0.6 is 0 Å². The molecule has 8 nitrogen and oxygen atoms in total. The van der Waals surface area contributed by atoms with Gasteiger partial charge in [-0.05, 0) is 48.7 Å². The number of rotatable bonds is 7. The second-order valence-electron chi connectivity index (χ2n) is 10.7. The van der Waals surface area contributed by atoms with Crippen molar-refractivity contribution in [1.82, 2.24) is 9.78 Å². The van der Waals surface area contributed by atoms with E-state index >= 15 is 0 Å². The molecule has 0 amide bonds. The monoisotopic (exact) mass is 592 g/mol. The van der Waals surface area contributed by atoms with E-state index in [9.17, 15) is 23.1 Å². The molecule has 43 heavy (non-hydrogen) atoms. The first kappa shape index (κ1) is 28.6. The molecule has 0 saturated carbocycles. The molecule has 3 heterocycles. The fraction of sp³-hybridized carbons (Fsp3) is 0.312. The number of ether oxygens (including phenoxy) is 2. The highest BCUT2D eigenvalue weighted by molar-refractivity contribution is 5.75. The topological polar surface area (TPSA) is 80.1 Å². The van der Waals surface area contributed by atoms with Gasteiger partial charge in [0.25, 0.3) is 5.56 Å². The maximum absolute atomic E-state index is 14.5. The van der Waals surface area contributed by atoms with Gasteiger partial charge in [0, 0.05) is 49.1 Å². The number of benzene rings is 3. The molecule has 3 aromatic carbocycles. The Balaban J connectivity index is 1.60. The molecule has 1 unspecified atom stereocenters. The first-order valence-electron chi connectivity index (χ1n) is 14.0. The van der Waals surface area contributed by atoms with Gasteiger partial charge in [-0.15, -0.1) is 0 Å². The van der Waals surface area contributed by atoms with Crippen molar-refractivity contribution in [3.63, 3.8) is 0 Å². The Kier molecular flexibility index (Phi) is 7.51. The van der Waals surface area contributed by atoms with E-state index in [4.69, 9.17) is 9.47 Å². The third-order valence-electron chi connectivity index (χ3n) is 8.00. The minimum atomic E-state index is -4.75. The van der Waals surface area contributed by atoms with Crippen LogP contribution in [0.3, 0.4) is 0 Å². The molecule has 1 fully saturated rings. The van der Waals surface area contributed by atoms with E-state index in [1.54, 1.807) is 18.2 Å². The van der Waals surface area contributed by atoms with Crippen LogP contribution in [0.4, 0.5) is 24.5 Å². The summed E-state index contributed by atoms with van der Waals surface area (Å²) in [6.07, 6.45) is -4.34. The lowest BCUT2D eigenvalue weighted by atomic mass is 10.0. The second kappa shape index (κ2) is 11.3. The highest BCUT2D eigenvalue weighted by Gasteiger charge is 2.37. The molecular formula is C32H31F3N4O4. The van der Waals surface area contributed by atoms with Crippen molar-refractivity contribution in [3.05, 3.63) is 93.8 Å². The van der Waals surface area contributed by atoms with Gasteiger partial charge in [0.15, 0.2) is 0 Å². The van der Waals surface area contributed by atoms with Gasteiger partial charge in [0.1, 0.15) is 17.2 Å². The highest BCUT2D eigenvalue weighted by Crippen LogP contribution is 2.39. The summed E-state index contributed by atoms with van der Waals surface area (Å²) in [5.74, 6) is 0.958. The lowest BCUT2D eigenvalue weighted by Gasteiger charge is -2.23. The Morgan fingerprint density at radius 1 is 0.977 bits per heavy atom. The van der Waals surface area contributed by atoms with Crippen LogP contribution in [-0.2, 0) is 19.1 Å². The van der Waals surface area contributed by atoms with Crippen LogP contribution in [0.5, 0.6) is 11.5 Å². The first-order chi connectivity index (χ1) is 20.7. The highest BCUT2D eigenvalue weighted by atomic mass is 19.4. The number of anilines is 2. The summed E-state index contributed by atoms with van der Waals surface area (Å²) in [4.78, 5) is 18.0. The molecule has 6 rings (SSSR count). The minimum absolute atomic E-state index is 0.289. The first-order valence-corrected chi connectivity index (χ1v) is 14.0. The zero-order chi connectivity index (χ0) is 30.3. The van der Waals surface area contributed by atoms with Crippen LogP contribution in [0.15, 0.2) is 71.5 Å². The molecule has 0 bridgehead atoms. The fourth-order valence-corrected chi connectivity index (χ4v) is 5.88. The number of β-amino-alcohol motifs (C(OH)–C–C–N with tert-alkyl or cyclic N) is 1. The van der Waals surface area contributed by atoms with E-state index in [1.807, 2.05) is 40.1 Å². The molecule has 1 atom stereocenters. The molecule has 2 aliphatic heterocycles. The fourth-order valence-electron chi connectivity index (χ4n) is 5.88. The Morgan fingerprint density at radius 3 is 2.33 bits per heavy atom. The van der Waals surface area contributed by atoms with Crippen molar-refractivity contribution in [3.8, 4) is 28.4 Å². The molecule has 0 aliphatic carbocycles. The lowest BCUT2D eigenvalue weighted by Crippen LogP contribution is -2.32. The Hall–Kier alpha value is -4.51. The number of aromatic nitrogens is 2. The van der Waals surface area contributed by atoms with E-state index in [1.165, 1.54) is 26.4 Å². The van der Waals surface area contributed by atoms with E-state index in [-0.39, 0.29) is 12.2 Å². The zero-order valence-electron chi connectivity index (χ0n) is 23.8. The number of aliphatic hydroxyl groups is 1. The molecule has 1 N–H and O–H groups in total. The molecule has 4 aromatic rings. The van der Waals surface area contributed by atoms with Crippen molar-refractivity contribution in [2.45, 2.75) is 31.7 Å². The standard InChI is InChI=1S/C32H31F3N4O4/c1-42-24-14-21(15-25(17-24)43-2)29-26-11-13-38(18-20-6-4-3-5-7-20)30(26)31(41)39(36-29)28-16-22(37-12-10-23(40)19-37)8-9-27(28)32(33,34)35/h3-9,14-17,23,40H,10-13,18-19H2,1-2H3. The summed E-state index contributed by atoms with van der Waals surface area (Å²) in [7, 11) is 3.02. The van der Waals surface area contributed by atoms with Gasteiger partial charge in [0.2, 0.25) is 0 Å². The normalized spacial score (nSPS) is 16.5. The van der Waals surface area contributed by atoms with Crippen LogP contribution in [-0.4, -0.2) is 54.8 Å². The van der Waals surface area contributed by atoms with Crippen LogP contribution in [0, 0.1) is 0 Å². The van der Waals surface area contributed by atoms with Gasteiger partial charge >= 0.3 is 6.18 Å². The van der Waals surface area contributed by atoms with Crippen LogP contribution in [0.25, 0.3) is 16.9 Å². The van der Waals surface area contributed by atoms with E-state index < -0.39 is 23.4 Å². The van der Waals surface area contributed by atoms with Crippen molar-refractivity contribution >= 4 is 11.4 Å². The SMILES string of the molecule is COc1cc(OC)cc(-c2nn(-c3cc(N4CCC(O)C4)ccc3C(F)(F)F)c(=O)c3c2CCN3Cc2ccccc2)c1. The number of methoxy groups -OCH3 is 2. The number of nitrogens with zero attached hydrogens (tertiary/aromatic N) is 4. The average molecular weight is 593 g/mol. The Morgan fingerprint density at radius 2 is 1.70 bits per heavy atom.